The Morgan fingerprint density at radius 3 is 2.69 bits per heavy atom. The van der Waals surface area contributed by atoms with Crippen LogP contribution in [0.3, 0.4) is 0 Å². The second-order valence-corrected chi connectivity index (χ2v) is 10.9. The lowest BCUT2D eigenvalue weighted by atomic mass is 9.93. The number of nitrogens with zero attached hydrogens (tertiary/aromatic N) is 6. The number of carbonyl (C=O) groups excluding carboxylic acids is 1. The minimum absolute atomic E-state index is 0.369. The van der Waals surface area contributed by atoms with Crippen LogP contribution in [0.1, 0.15) is 6.42 Å². The third-order valence-electron chi connectivity index (χ3n) is 5.94. The molecule has 8 saturated heterocycles. The lowest BCUT2D eigenvalue weighted by Crippen LogP contribution is -2.83. The van der Waals surface area contributed by atoms with Gasteiger partial charge in [0.2, 0.25) is 0 Å². The van der Waals surface area contributed by atoms with Gasteiger partial charge in [0.05, 0.1) is 5.88 Å². The SMILES string of the molecule is O=C(O)C(=O)N(N1N2CC3CC(C2)NN1C3)S12CC3CN(C1)NN(C3)N2. The monoisotopic (exact) mass is 385 g/mol. The van der Waals surface area contributed by atoms with Gasteiger partial charge in [-0.25, -0.2) is 20.2 Å². The van der Waals surface area contributed by atoms with Crippen LogP contribution in [0.15, 0.2) is 0 Å². The number of carboxylic acids is 1. The van der Waals surface area contributed by atoms with Crippen LogP contribution >= 0.6 is 10.4 Å². The number of nitrogens with one attached hydrogen (secondary N) is 3. The summed E-state index contributed by atoms with van der Waals surface area (Å²) in [7, 11) is -1.88. The number of piperidine rings is 1. The molecule has 8 aliphatic rings. The summed E-state index contributed by atoms with van der Waals surface area (Å²) in [6.07, 6.45) is 1.14. The number of aliphatic carboxylic acids is 1. The highest BCUT2D eigenvalue weighted by Gasteiger charge is 2.58. The first kappa shape index (κ1) is 16.0. The lowest BCUT2D eigenvalue weighted by molar-refractivity contribution is -0.359. The normalized spacial score (nSPS) is 53.5. The van der Waals surface area contributed by atoms with Gasteiger partial charge >= 0.3 is 11.9 Å². The van der Waals surface area contributed by atoms with E-state index in [1.165, 1.54) is 4.41 Å². The maximum atomic E-state index is 12.9. The van der Waals surface area contributed by atoms with Crippen LogP contribution in [0, 0.1) is 11.8 Å². The van der Waals surface area contributed by atoms with Crippen LogP contribution in [-0.4, -0.2) is 97.3 Å². The lowest BCUT2D eigenvalue weighted by Gasteiger charge is -2.69. The minimum atomic E-state index is -1.88. The summed E-state index contributed by atoms with van der Waals surface area (Å²) in [6, 6.07) is 0.369. The average molecular weight is 385 g/mol. The molecule has 4 N–H and O–H groups in total. The quantitative estimate of drug-likeness (QED) is 0.371. The van der Waals surface area contributed by atoms with Crippen molar-refractivity contribution in [1.82, 2.24) is 45.7 Å². The number of carbonyl (C=O) groups is 2. The standard InChI is InChI=1S/C13H23N9O3S/c23-12(13(24)25)21(22-18-3-9-1-11(6-18)14-20(22)5-9)26-7-10-2-17(8-26)15-19(4-10)16-26/h9-11,14-16H,1-8H2,(H,24,25). The van der Waals surface area contributed by atoms with Gasteiger partial charge in [0.1, 0.15) is 0 Å². The molecular weight excluding hydrogens is 362 g/mol. The molecule has 1 amide bonds. The van der Waals surface area contributed by atoms with Gasteiger partial charge in [0.25, 0.3) is 0 Å². The van der Waals surface area contributed by atoms with Gasteiger partial charge in [-0.1, -0.05) is 15.6 Å². The molecule has 8 atom stereocenters. The summed E-state index contributed by atoms with van der Waals surface area (Å²) in [4.78, 5) is 28.1. The van der Waals surface area contributed by atoms with E-state index >= 15 is 0 Å². The smallest absolute Gasteiger partial charge is 0.397 e. The molecule has 8 fully saturated rings. The van der Waals surface area contributed by atoms with Gasteiger partial charge < -0.3 is 5.11 Å². The fourth-order valence-corrected chi connectivity index (χ4v) is 8.90. The minimum Gasteiger partial charge on any atom is -0.474 e. The second-order valence-electron chi connectivity index (χ2n) is 8.06. The molecule has 0 aromatic carbocycles. The van der Waals surface area contributed by atoms with E-state index in [2.05, 4.69) is 25.8 Å². The van der Waals surface area contributed by atoms with E-state index in [-0.39, 0.29) is 0 Å². The van der Waals surface area contributed by atoms with Gasteiger partial charge in [0.15, 0.2) is 0 Å². The molecule has 12 nitrogen and oxygen atoms in total. The first-order chi connectivity index (χ1) is 12.5. The molecule has 26 heavy (non-hydrogen) atoms. The molecule has 0 radical (unpaired) electrons. The van der Waals surface area contributed by atoms with Crippen LogP contribution in [0.4, 0.5) is 0 Å². The highest BCUT2D eigenvalue weighted by molar-refractivity contribution is 8.30. The van der Waals surface area contributed by atoms with E-state index in [0.29, 0.717) is 23.8 Å². The van der Waals surface area contributed by atoms with Crippen molar-refractivity contribution in [1.29, 1.82) is 0 Å². The topological polar surface area (TPSA) is 110 Å². The van der Waals surface area contributed by atoms with E-state index in [9.17, 15) is 14.7 Å². The zero-order valence-electron chi connectivity index (χ0n) is 14.2. The van der Waals surface area contributed by atoms with Gasteiger partial charge in [-0.2, -0.15) is 19.9 Å². The van der Waals surface area contributed by atoms with Crippen molar-refractivity contribution in [2.24, 2.45) is 11.8 Å². The summed E-state index contributed by atoms with van der Waals surface area (Å²) >= 11 is 0. The van der Waals surface area contributed by atoms with Crippen molar-refractivity contribution in [2.45, 2.75) is 12.5 Å². The molecule has 0 spiro atoms. The van der Waals surface area contributed by atoms with E-state index in [1.54, 1.807) is 5.23 Å². The molecule has 0 aliphatic carbocycles. The first-order valence-corrected chi connectivity index (χ1v) is 10.9. The largest absolute Gasteiger partial charge is 0.474 e. The molecule has 8 unspecified atom stereocenters. The van der Waals surface area contributed by atoms with Crippen molar-refractivity contribution >= 4 is 22.3 Å². The Morgan fingerprint density at radius 1 is 1.12 bits per heavy atom. The average Bonchev–Trinajstić information content (AvgIpc) is 2.55. The third kappa shape index (κ3) is 2.14. The Bertz CT molecular complexity index is 614. The molecule has 8 heterocycles. The van der Waals surface area contributed by atoms with E-state index < -0.39 is 22.3 Å². The van der Waals surface area contributed by atoms with Crippen molar-refractivity contribution < 1.29 is 14.7 Å². The van der Waals surface area contributed by atoms with Crippen molar-refractivity contribution in [3.05, 3.63) is 0 Å². The van der Waals surface area contributed by atoms with Gasteiger partial charge in [-0.15, -0.1) is 5.12 Å². The van der Waals surface area contributed by atoms with Crippen LogP contribution in [0.25, 0.3) is 0 Å². The van der Waals surface area contributed by atoms with Crippen molar-refractivity contribution in [2.75, 3.05) is 44.4 Å². The van der Waals surface area contributed by atoms with Gasteiger partial charge in [-0.05, 0) is 18.3 Å². The zero-order chi connectivity index (χ0) is 17.6. The molecule has 8 bridgehead atoms. The van der Waals surface area contributed by atoms with E-state index in [1.807, 2.05) is 10.2 Å². The van der Waals surface area contributed by atoms with Gasteiger partial charge in [-0.3, -0.25) is 4.79 Å². The number of rotatable bonds is 2. The number of carboxylic acid groups (broad SMARTS) is 1. The molecule has 144 valence electrons. The number of hydrazine groups is 7. The number of hydrogen-bond acceptors (Lipinski definition) is 10. The summed E-state index contributed by atoms with van der Waals surface area (Å²) in [5, 5.41) is 19.4. The zero-order valence-corrected chi connectivity index (χ0v) is 15.1. The molecular formula is C13H23N9O3S. The van der Waals surface area contributed by atoms with Crippen LogP contribution < -0.4 is 15.8 Å². The van der Waals surface area contributed by atoms with Crippen LogP contribution in [0.2, 0.25) is 0 Å². The molecule has 8 aliphatic heterocycles. The molecule has 0 saturated carbocycles. The Kier molecular flexibility index (Phi) is 3.24. The maximum absolute atomic E-state index is 12.9. The van der Waals surface area contributed by atoms with Crippen LogP contribution in [-0.2, 0) is 9.59 Å². The Hall–Kier alpha value is -1.03. The van der Waals surface area contributed by atoms with Gasteiger partial charge in [0, 0.05) is 44.5 Å². The first-order valence-electron chi connectivity index (χ1n) is 9.02. The molecule has 0 aromatic heterocycles. The number of amides is 1. The summed E-state index contributed by atoms with van der Waals surface area (Å²) in [5.41, 5.74) is 6.70. The Labute approximate surface area is 152 Å². The predicted octanol–water partition coefficient (Wildman–Crippen LogP) is -2.75. The fourth-order valence-electron chi connectivity index (χ4n) is 5.27. The fraction of sp³-hybridized carbons (Fsp3) is 0.846. The van der Waals surface area contributed by atoms with Crippen molar-refractivity contribution in [3.63, 3.8) is 0 Å². The highest BCUT2D eigenvalue weighted by atomic mass is 32.3. The summed E-state index contributed by atoms with van der Waals surface area (Å²) < 4.78 is 1.52. The maximum Gasteiger partial charge on any atom is 0.397 e. The van der Waals surface area contributed by atoms with E-state index in [4.69, 9.17) is 0 Å². The highest BCUT2D eigenvalue weighted by Crippen LogP contribution is 2.57. The summed E-state index contributed by atoms with van der Waals surface area (Å²) in [5.74, 6) is 0.119. The van der Waals surface area contributed by atoms with Crippen LogP contribution in [0.5, 0.6) is 0 Å². The van der Waals surface area contributed by atoms with Crippen molar-refractivity contribution in [3.8, 4) is 0 Å². The molecule has 8 rings (SSSR count). The molecule has 13 heteroatoms. The second kappa shape index (κ2) is 5.27. The van der Waals surface area contributed by atoms with E-state index in [0.717, 1.165) is 44.9 Å². The number of hydrogen-bond donors (Lipinski definition) is 4. The molecule has 0 aromatic rings. The Morgan fingerprint density at radius 2 is 2.00 bits per heavy atom. The Balaban J connectivity index is 1.41. The predicted molar refractivity (Wildman–Crippen MR) is 90.1 cm³/mol. The third-order valence-corrected chi connectivity index (χ3v) is 9.24. The summed E-state index contributed by atoms with van der Waals surface area (Å²) in [6.45, 7) is 4.23.